The molecule has 0 spiro atoms. The highest BCUT2D eigenvalue weighted by atomic mass is 79.9. The molecule has 5 nitrogen and oxygen atoms in total. The minimum atomic E-state index is -4.61. The maximum atomic E-state index is 13.9. The van der Waals surface area contributed by atoms with E-state index in [2.05, 4.69) is 21.2 Å². The molecule has 3 rings (SSSR count). The van der Waals surface area contributed by atoms with Crippen LogP contribution in [-0.4, -0.2) is 41.6 Å². The number of likely N-dealkylation sites (tertiary alicyclic amines) is 1. The van der Waals surface area contributed by atoms with Gasteiger partial charge in [0.05, 0.1) is 5.56 Å². The highest BCUT2D eigenvalue weighted by Crippen LogP contribution is 2.33. The molecule has 1 aliphatic rings. The molecule has 2 atom stereocenters. The van der Waals surface area contributed by atoms with Crippen LogP contribution in [0, 0.1) is 12.7 Å². The Bertz CT molecular complexity index is 1110. The van der Waals surface area contributed by atoms with Crippen LogP contribution >= 0.6 is 15.9 Å². The number of carbonyl (C=O) groups is 2. The highest BCUT2D eigenvalue weighted by Gasteiger charge is 2.36. The Morgan fingerprint density at radius 3 is 2.40 bits per heavy atom. The van der Waals surface area contributed by atoms with Crippen molar-refractivity contribution in [1.29, 1.82) is 0 Å². The van der Waals surface area contributed by atoms with Gasteiger partial charge in [-0.3, -0.25) is 4.79 Å². The Labute approximate surface area is 210 Å². The van der Waals surface area contributed by atoms with Crippen molar-refractivity contribution in [2.45, 2.75) is 57.9 Å². The third-order valence-electron chi connectivity index (χ3n) is 5.68. The van der Waals surface area contributed by atoms with Crippen LogP contribution in [0.15, 0.2) is 40.9 Å². The third kappa shape index (κ3) is 6.96. The molecule has 0 bridgehead atoms. The van der Waals surface area contributed by atoms with Crippen molar-refractivity contribution in [2.75, 3.05) is 13.1 Å². The van der Waals surface area contributed by atoms with E-state index in [1.807, 2.05) is 0 Å². The van der Waals surface area contributed by atoms with Crippen molar-refractivity contribution in [3.05, 3.63) is 68.9 Å². The van der Waals surface area contributed by atoms with E-state index in [4.69, 9.17) is 4.74 Å². The van der Waals surface area contributed by atoms with Gasteiger partial charge in [-0.2, -0.15) is 13.2 Å². The van der Waals surface area contributed by atoms with Crippen LogP contribution in [0.3, 0.4) is 0 Å². The average Bonchev–Trinajstić information content (AvgIpc) is 2.73. The predicted octanol–water partition coefficient (Wildman–Crippen LogP) is 6.44. The van der Waals surface area contributed by atoms with Crippen molar-refractivity contribution in [3.8, 4) is 0 Å². The van der Waals surface area contributed by atoms with Crippen molar-refractivity contribution < 1.29 is 31.9 Å². The lowest BCUT2D eigenvalue weighted by Gasteiger charge is -2.39. The number of benzene rings is 2. The monoisotopic (exact) mass is 558 g/mol. The second-order valence-corrected chi connectivity index (χ2v) is 10.6. The normalized spacial score (nSPS) is 18.8. The Kier molecular flexibility index (Phi) is 7.83. The lowest BCUT2D eigenvalue weighted by atomic mass is 9.85. The van der Waals surface area contributed by atoms with E-state index in [1.54, 1.807) is 39.8 Å². The smallest absolute Gasteiger partial charge is 0.416 e. The molecule has 0 aliphatic carbocycles. The minimum Gasteiger partial charge on any atom is -0.444 e. The van der Waals surface area contributed by atoms with Crippen molar-refractivity contribution >= 4 is 27.9 Å². The molecule has 0 aromatic heterocycles. The third-order valence-corrected chi connectivity index (χ3v) is 6.14. The van der Waals surface area contributed by atoms with Gasteiger partial charge in [0.2, 0.25) is 0 Å². The summed E-state index contributed by atoms with van der Waals surface area (Å²) in [6.45, 7) is 7.35. The molecule has 1 fully saturated rings. The summed E-state index contributed by atoms with van der Waals surface area (Å²) in [7, 11) is 0. The molecule has 10 heteroatoms. The first-order chi connectivity index (χ1) is 16.1. The predicted molar refractivity (Wildman–Crippen MR) is 127 cm³/mol. The van der Waals surface area contributed by atoms with Gasteiger partial charge in [0.1, 0.15) is 11.4 Å². The number of nitrogens with zero attached hydrogens (tertiary/aromatic N) is 1. The molecule has 1 N–H and O–H groups in total. The number of amides is 2. The van der Waals surface area contributed by atoms with E-state index >= 15 is 0 Å². The number of hydrogen-bond acceptors (Lipinski definition) is 3. The van der Waals surface area contributed by atoms with Crippen LogP contribution in [-0.2, 0) is 10.9 Å². The Morgan fingerprint density at radius 2 is 1.80 bits per heavy atom. The average molecular weight is 559 g/mol. The second kappa shape index (κ2) is 10.2. The molecule has 0 saturated carbocycles. The summed E-state index contributed by atoms with van der Waals surface area (Å²) < 4.78 is 59.2. The number of alkyl halides is 3. The molecule has 0 unspecified atom stereocenters. The van der Waals surface area contributed by atoms with Crippen molar-refractivity contribution in [3.63, 3.8) is 0 Å². The lowest BCUT2D eigenvalue weighted by molar-refractivity contribution is -0.137. The minimum absolute atomic E-state index is 0.128. The van der Waals surface area contributed by atoms with E-state index in [1.165, 1.54) is 17.0 Å². The molecule has 0 radical (unpaired) electrons. The summed E-state index contributed by atoms with van der Waals surface area (Å²) in [5.74, 6) is -1.48. The first-order valence-corrected chi connectivity index (χ1v) is 11.9. The van der Waals surface area contributed by atoms with Crippen LogP contribution in [0.25, 0.3) is 0 Å². The van der Waals surface area contributed by atoms with Gasteiger partial charge in [-0.25, -0.2) is 9.18 Å². The zero-order valence-corrected chi connectivity index (χ0v) is 21.4. The first kappa shape index (κ1) is 27.0. The van der Waals surface area contributed by atoms with E-state index < -0.39 is 41.3 Å². The number of hydrogen-bond donors (Lipinski definition) is 1. The summed E-state index contributed by atoms with van der Waals surface area (Å²) in [5.41, 5.74) is -0.671. The van der Waals surface area contributed by atoms with Gasteiger partial charge < -0.3 is 15.0 Å². The van der Waals surface area contributed by atoms with Gasteiger partial charge in [0.15, 0.2) is 0 Å². The Hall–Kier alpha value is -2.62. The fourth-order valence-electron chi connectivity index (χ4n) is 3.99. The molecule has 2 amide bonds. The van der Waals surface area contributed by atoms with Crippen molar-refractivity contribution in [1.82, 2.24) is 10.2 Å². The Morgan fingerprint density at radius 1 is 1.11 bits per heavy atom. The van der Waals surface area contributed by atoms with Crippen LogP contribution < -0.4 is 5.32 Å². The van der Waals surface area contributed by atoms with E-state index in [9.17, 15) is 27.2 Å². The fourth-order valence-corrected chi connectivity index (χ4v) is 4.48. The maximum absolute atomic E-state index is 13.9. The molecule has 35 heavy (non-hydrogen) atoms. The largest absolute Gasteiger partial charge is 0.444 e. The number of halogens is 5. The second-order valence-electron chi connectivity index (χ2n) is 9.64. The van der Waals surface area contributed by atoms with Crippen LogP contribution in [0.2, 0.25) is 0 Å². The zero-order valence-electron chi connectivity index (χ0n) is 19.8. The summed E-state index contributed by atoms with van der Waals surface area (Å²) in [6.07, 6.45) is -4.77. The van der Waals surface area contributed by atoms with E-state index in [0.717, 1.165) is 12.1 Å². The summed E-state index contributed by atoms with van der Waals surface area (Å²) in [6, 6.07) is 7.08. The van der Waals surface area contributed by atoms with Gasteiger partial charge in [0, 0.05) is 35.1 Å². The molecular weight excluding hydrogens is 532 g/mol. The maximum Gasteiger partial charge on any atom is 0.416 e. The molecule has 1 heterocycles. The number of carbonyl (C=O) groups excluding carboxylic acids is 2. The first-order valence-electron chi connectivity index (χ1n) is 11.1. The summed E-state index contributed by atoms with van der Waals surface area (Å²) in [4.78, 5) is 27.2. The SMILES string of the molecule is Cc1cc([C@@H]2CN(C(=O)OC(C)(C)C)CC[C@H]2NC(=O)c2cc(Br)cc(C(F)(F)F)c2)ccc1F. The van der Waals surface area contributed by atoms with Gasteiger partial charge in [0.25, 0.3) is 5.91 Å². The van der Waals surface area contributed by atoms with Gasteiger partial charge in [-0.1, -0.05) is 28.1 Å². The molecule has 1 saturated heterocycles. The van der Waals surface area contributed by atoms with Gasteiger partial charge >= 0.3 is 12.3 Å². The standard InChI is InChI=1S/C25H27BrF4N2O3/c1-14-9-15(5-6-20(14)27)19-13-32(23(34)35-24(2,3)4)8-7-21(19)31-22(33)16-10-17(25(28,29)30)12-18(26)11-16/h5-6,9-12,19,21H,7-8,13H2,1-4H3,(H,31,33)/t19-,21+/m0/s1. The molecule has 190 valence electrons. The van der Waals surface area contributed by atoms with Crippen LogP contribution in [0.4, 0.5) is 22.4 Å². The number of ether oxygens (including phenoxy) is 1. The number of piperidine rings is 1. The Balaban J connectivity index is 1.88. The van der Waals surface area contributed by atoms with Gasteiger partial charge in [-0.15, -0.1) is 0 Å². The molecular formula is C25H27BrF4N2O3. The number of rotatable bonds is 3. The summed E-state index contributed by atoms with van der Waals surface area (Å²) in [5, 5.41) is 2.83. The van der Waals surface area contributed by atoms with Gasteiger partial charge in [-0.05, 0) is 69.5 Å². The lowest BCUT2D eigenvalue weighted by Crippen LogP contribution is -2.52. The van der Waals surface area contributed by atoms with Crippen LogP contribution in [0.1, 0.15) is 60.2 Å². The number of aryl methyl sites for hydroxylation is 1. The number of nitrogens with one attached hydrogen (secondary N) is 1. The molecule has 2 aromatic carbocycles. The summed E-state index contributed by atoms with van der Waals surface area (Å²) >= 11 is 3.04. The van der Waals surface area contributed by atoms with E-state index in [-0.39, 0.29) is 28.9 Å². The van der Waals surface area contributed by atoms with E-state index in [0.29, 0.717) is 17.5 Å². The molecule has 1 aliphatic heterocycles. The zero-order chi connectivity index (χ0) is 26.1. The topological polar surface area (TPSA) is 58.6 Å². The highest BCUT2D eigenvalue weighted by molar-refractivity contribution is 9.10. The van der Waals surface area contributed by atoms with Crippen molar-refractivity contribution in [2.24, 2.45) is 0 Å². The van der Waals surface area contributed by atoms with Crippen LogP contribution in [0.5, 0.6) is 0 Å². The fraction of sp³-hybridized carbons (Fsp3) is 0.440. The quantitative estimate of drug-likeness (QED) is 0.441. The molecule has 2 aromatic rings.